The van der Waals surface area contributed by atoms with Crippen molar-refractivity contribution in [2.24, 2.45) is 0 Å². The molecule has 1 amide bonds. The number of hydrogen-bond donors (Lipinski definition) is 1. The van der Waals surface area contributed by atoms with Crippen LogP contribution < -0.4 is 5.32 Å². The number of benzene rings is 2. The van der Waals surface area contributed by atoms with Gasteiger partial charge in [-0.2, -0.15) is 5.26 Å². The van der Waals surface area contributed by atoms with E-state index in [4.69, 9.17) is 10.00 Å². The standard InChI is InChI=1S/C18H15FN2O3/c1-12(14-5-7-16(19)8-6-14)21-17(22)11-24-18(23)15-4-2-3-13(9-15)10-20/h2-9,12H,11H2,1H3,(H,21,22). The number of nitriles is 1. The predicted molar refractivity (Wildman–Crippen MR) is 84.4 cm³/mol. The number of carbonyl (C=O) groups excluding carboxylic acids is 2. The summed E-state index contributed by atoms with van der Waals surface area (Å²) in [6.07, 6.45) is 0. The van der Waals surface area contributed by atoms with E-state index in [2.05, 4.69) is 5.32 Å². The number of amides is 1. The number of nitrogens with one attached hydrogen (secondary N) is 1. The van der Waals surface area contributed by atoms with Gasteiger partial charge in [-0.25, -0.2) is 9.18 Å². The van der Waals surface area contributed by atoms with Crippen LogP contribution in [0.3, 0.4) is 0 Å². The van der Waals surface area contributed by atoms with Crippen molar-refractivity contribution in [3.63, 3.8) is 0 Å². The summed E-state index contributed by atoms with van der Waals surface area (Å²) >= 11 is 0. The van der Waals surface area contributed by atoms with Crippen LogP contribution in [0.25, 0.3) is 0 Å². The van der Waals surface area contributed by atoms with Gasteiger partial charge in [-0.15, -0.1) is 0 Å². The van der Waals surface area contributed by atoms with Crippen LogP contribution in [0.4, 0.5) is 4.39 Å². The number of hydrogen-bond acceptors (Lipinski definition) is 4. The maximum absolute atomic E-state index is 12.9. The first-order valence-electron chi connectivity index (χ1n) is 7.21. The smallest absolute Gasteiger partial charge is 0.338 e. The number of rotatable bonds is 5. The zero-order chi connectivity index (χ0) is 17.5. The molecule has 0 aliphatic heterocycles. The summed E-state index contributed by atoms with van der Waals surface area (Å²) in [5.74, 6) is -1.51. The van der Waals surface area contributed by atoms with Crippen LogP contribution in [0.5, 0.6) is 0 Å². The van der Waals surface area contributed by atoms with E-state index in [1.807, 2.05) is 6.07 Å². The fourth-order valence-corrected chi connectivity index (χ4v) is 2.05. The lowest BCUT2D eigenvalue weighted by atomic mass is 10.1. The van der Waals surface area contributed by atoms with Gasteiger partial charge in [-0.3, -0.25) is 4.79 Å². The van der Waals surface area contributed by atoms with Crippen LogP contribution in [0.2, 0.25) is 0 Å². The summed E-state index contributed by atoms with van der Waals surface area (Å²) in [5.41, 5.74) is 1.27. The Bertz CT molecular complexity index is 782. The molecule has 1 atom stereocenters. The van der Waals surface area contributed by atoms with E-state index in [9.17, 15) is 14.0 Å². The third kappa shape index (κ3) is 4.65. The lowest BCUT2D eigenvalue weighted by Crippen LogP contribution is -2.31. The highest BCUT2D eigenvalue weighted by Crippen LogP contribution is 2.12. The molecule has 0 aliphatic rings. The number of halogens is 1. The Kier molecular flexibility index (Phi) is 5.63. The van der Waals surface area contributed by atoms with Crippen molar-refractivity contribution >= 4 is 11.9 Å². The molecule has 0 aromatic heterocycles. The molecule has 0 heterocycles. The van der Waals surface area contributed by atoms with E-state index in [0.717, 1.165) is 5.56 Å². The van der Waals surface area contributed by atoms with Crippen molar-refractivity contribution in [1.82, 2.24) is 5.32 Å². The molecule has 2 rings (SSSR count). The minimum atomic E-state index is -0.684. The fraction of sp³-hybridized carbons (Fsp3) is 0.167. The van der Waals surface area contributed by atoms with E-state index < -0.39 is 18.5 Å². The van der Waals surface area contributed by atoms with Crippen LogP contribution in [0.1, 0.15) is 34.5 Å². The van der Waals surface area contributed by atoms with Crippen LogP contribution >= 0.6 is 0 Å². The second-order valence-electron chi connectivity index (χ2n) is 5.11. The van der Waals surface area contributed by atoms with Crippen molar-refractivity contribution in [1.29, 1.82) is 5.26 Å². The lowest BCUT2D eigenvalue weighted by Gasteiger charge is -2.14. The second kappa shape index (κ2) is 7.88. The molecule has 5 nitrogen and oxygen atoms in total. The number of nitrogens with zero attached hydrogens (tertiary/aromatic N) is 1. The topological polar surface area (TPSA) is 79.2 Å². The van der Waals surface area contributed by atoms with Crippen LogP contribution in [-0.2, 0) is 9.53 Å². The fourth-order valence-electron chi connectivity index (χ4n) is 2.05. The number of ether oxygens (including phenoxy) is 1. The van der Waals surface area contributed by atoms with Gasteiger partial charge in [0.25, 0.3) is 5.91 Å². The average Bonchev–Trinajstić information content (AvgIpc) is 2.60. The predicted octanol–water partition coefficient (Wildman–Crippen LogP) is 2.73. The van der Waals surface area contributed by atoms with Crippen molar-refractivity contribution in [2.45, 2.75) is 13.0 Å². The van der Waals surface area contributed by atoms with E-state index in [-0.39, 0.29) is 17.4 Å². The first-order valence-corrected chi connectivity index (χ1v) is 7.21. The van der Waals surface area contributed by atoms with Crippen molar-refractivity contribution < 1.29 is 18.7 Å². The molecular formula is C18H15FN2O3. The van der Waals surface area contributed by atoms with Gasteiger partial charge < -0.3 is 10.1 Å². The highest BCUT2D eigenvalue weighted by Gasteiger charge is 2.13. The highest BCUT2D eigenvalue weighted by molar-refractivity contribution is 5.91. The zero-order valence-corrected chi connectivity index (χ0v) is 13.0. The summed E-state index contributed by atoms with van der Waals surface area (Å²) in [5, 5.41) is 11.5. The number of carbonyl (C=O) groups is 2. The summed E-state index contributed by atoms with van der Waals surface area (Å²) in [6.45, 7) is 1.30. The van der Waals surface area contributed by atoms with Gasteiger partial charge in [0, 0.05) is 0 Å². The third-order valence-electron chi connectivity index (χ3n) is 3.31. The maximum atomic E-state index is 12.9. The minimum absolute atomic E-state index is 0.202. The quantitative estimate of drug-likeness (QED) is 0.857. The molecule has 0 saturated carbocycles. The summed E-state index contributed by atoms with van der Waals surface area (Å²) in [6, 6.07) is 13.3. The molecule has 0 saturated heterocycles. The molecule has 0 aliphatic carbocycles. The first kappa shape index (κ1) is 17.2. The molecular weight excluding hydrogens is 311 g/mol. The third-order valence-corrected chi connectivity index (χ3v) is 3.31. The van der Waals surface area contributed by atoms with Gasteiger partial charge in [0.2, 0.25) is 0 Å². The first-order chi connectivity index (χ1) is 11.5. The minimum Gasteiger partial charge on any atom is -0.452 e. The summed E-state index contributed by atoms with van der Waals surface area (Å²) in [7, 11) is 0. The molecule has 0 fully saturated rings. The Balaban J connectivity index is 1.87. The van der Waals surface area contributed by atoms with Gasteiger partial charge in [0.15, 0.2) is 6.61 Å². The molecule has 1 unspecified atom stereocenters. The maximum Gasteiger partial charge on any atom is 0.338 e. The molecule has 0 radical (unpaired) electrons. The van der Waals surface area contributed by atoms with E-state index in [1.165, 1.54) is 24.3 Å². The molecule has 0 spiro atoms. The largest absolute Gasteiger partial charge is 0.452 e. The normalized spacial score (nSPS) is 11.2. The van der Waals surface area contributed by atoms with E-state index in [0.29, 0.717) is 5.56 Å². The highest BCUT2D eigenvalue weighted by atomic mass is 19.1. The van der Waals surface area contributed by atoms with E-state index in [1.54, 1.807) is 31.2 Å². The van der Waals surface area contributed by atoms with Crippen LogP contribution in [0.15, 0.2) is 48.5 Å². The Hall–Kier alpha value is -3.20. The van der Waals surface area contributed by atoms with Crippen molar-refractivity contribution in [3.8, 4) is 6.07 Å². The zero-order valence-electron chi connectivity index (χ0n) is 13.0. The van der Waals surface area contributed by atoms with Crippen LogP contribution in [0, 0.1) is 17.1 Å². The Labute approximate surface area is 138 Å². The molecule has 122 valence electrons. The average molecular weight is 326 g/mol. The molecule has 6 heteroatoms. The Morgan fingerprint density at radius 3 is 2.62 bits per heavy atom. The summed E-state index contributed by atoms with van der Waals surface area (Å²) < 4.78 is 17.8. The van der Waals surface area contributed by atoms with Gasteiger partial charge in [-0.05, 0) is 42.8 Å². The number of esters is 1. The van der Waals surface area contributed by atoms with Crippen LogP contribution in [-0.4, -0.2) is 18.5 Å². The molecule has 2 aromatic carbocycles. The second-order valence-corrected chi connectivity index (χ2v) is 5.11. The van der Waals surface area contributed by atoms with E-state index >= 15 is 0 Å². The van der Waals surface area contributed by atoms with Gasteiger partial charge in [0.1, 0.15) is 5.82 Å². The molecule has 1 N–H and O–H groups in total. The Morgan fingerprint density at radius 2 is 1.96 bits per heavy atom. The van der Waals surface area contributed by atoms with Gasteiger partial charge >= 0.3 is 5.97 Å². The SMILES string of the molecule is CC(NC(=O)COC(=O)c1cccc(C#N)c1)c1ccc(F)cc1. The summed E-state index contributed by atoms with van der Waals surface area (Å²) in [4.78, 5) is 23.7. The molecule has 2 aromatic rings. The Morgan fingerprint density at radius 1 is 1.25 bits per heavy atom. The van der Waals surface area contributed by atoms with Crippen molar-refractivity contribution in [2.75, 3.05) is 6.61 Å². The molecule has 0 bridgehead atoms. The van der Waals surface area contributed by atoms with Gasteiger partial charge in [0.05, 0.1) is 23.2 Å². The van der Waals surface area contributed by atoms with Gasteiger partial charge in [-0.1, -0.05) is 18.2 Å². The van der Waals surface area contributed by atoms with Crippen molar-refractivity contribution in [3.05, 3.63) is 71.0 Å². The monoisotopic (exact) mass is 326 g/mol. The lowest BCUT2D eigenvalue weighted by molar-refractivity contribution is -0.124. The molecule has 24 heavy (non-hydrogen) atoms.